The molecule has 12 nitrogen and oxygen atoms in total. The summed E-state index contributed by atoms with van der Waals surface area (Å²) in [5, 5.41) is 39.3. The van der Waals surface area contributed by atoms with E-state index >= 15 is 0 Å². The average Bonchev–Trinajstić information content (AvgIpc) is 1.60. The second kappa shape index (κ2) is 76.4. The number of methoxy groups -OCH3 is 2. The molecule has 4 aromatic heterocycles. The fraction of sp³-hybridized carbons (Fsp3) is 0.400. The molecule has 0 amide bonds. The van der Waals surface area contributed by atoms with Gasteiger partial charge in [0.2, 0.25) is 0 Å². The molecule has 0 aliphatic heterocycles. The predicted octanol–water partition coefficient (Wildman–Crippen LogP) is 52.9. The number of aromatic amines is 4. The second-order valence-corrected chi connectivity index (χ2v) is 899. The van der Waals surface area contributed by atoms with E-state index in [1.54, 1.807) is 20.3 Å². The van der Waals surface area contributed by atoms with Crippen LogP contribution in [-0.4, -0.2) is 60.1 Å². The summed E-state index contributed by atoms with van der Waals surface area (Å²) < 4.78 is 16.8. The van der Waals surface area contributed by atoms with E-state index in [1.807, 2.05) is 128 Å². The summed E-state index contributed by atoms with van der Waals surface area (Å²) in [4.78, 5) is 0. The first-order valence-electron chi connectivity index (χ1n) is 33.9. The normalized spacial score (nSPS) is 12.6. The van der Waals surface area contributed by atoms with Crippen LogP contribution in [0.15, 0.2) is 78.9 Å². The molecule has 0 bridgehead atoms. The average molecular weight is 5940 g/mol. The first-order chi connectivity index (χ1) is 55.9. The molecule has 0 unspecified atom stereocenters. The summed E-state index contributed by atoms with van der Waals surface area (Å²) in [5.41, 5.74) is 27.7. The molecule has 0 spiro atoms. The van der Waals surface area contributed by atoms with Gasteiger partial charge in [-0.25, -0.2) is 0 Å². The number of halogens is 38. The van der Waals surface area contributed by atoms with Crippen molar-refractivity contribution in [2.75, 3.05) is 14.2 Å². The molecule has 4 heterocycles. The topological polar surface area (TPSA) is 163 Å². The van der Waals surface area contributed by atoms with Crippen LogP contribution in [0.3, 0.4) is 0 Å². The van der Waals surface area contributed by atoms with Crippen molar-refractivity contribution >= 4 is 514 Å². The minimum atomic E-state index is -0.532. The zero-order valence-electron chi connectivity index (χ0n) is 68.5. The zero-order chi connectivity index (χ0) is 91.8. The molecule has 0 aliphatic rings. The van der Waals surface area contributed by atoms with Crippen LogP contribution in [-0.2, 0) is 6.61 Å². The summed E-state index contributed by atoms with van der Waals surface area (Å²) in [6.45, 7) is 49.4. The molecule has 0 saturated carbocycles. The number of phenols is 1. The van der Waals surface area contributed by atoms with E-state index < -0.39 is 142 Å². The molecule has 120 heavy (non-hydrogen) atoms. The Hall–Kier alpha value is 19.9. The van der Waals surface area contributed by atoms with Crippen LogP contribution in [0.25, 0.3) is 45.0 Å². The van der Waals surface area contributed by atoms with Gasteiger partial charge in [0.1, 0.15) is 29.6 Å². The van der Waals surface area contributed by atoms with Crippen LogP contribution in [0.2, 0.25) is 0 Å². The van der Waals surface area contributed by atoms with Crippen LogP contribution in [0.5, 0.6) is 23.0 Å². The van der Waals surface area contributed by atoms with Crippen molar-refractivity contribution in [2.24, 2.45) is 0 Å². The van der Waals surface area contributed by atoms with Gasteiger partial charge in [0, 0.05) is 45.0 Å². The molecule has 5 aromatic carbocycles. The fourth-order valence-corrected chi connectivity index (χ4v) is 6710. The van der Waals surface area contributed by atoms with Gasteiger partial charge in [0.25, 0.3) is 0 Å². The number of rotatable bonds is 26. The number of aromatic nitrogens is 8. The number of H-pyrrole nitrogens is 4. The molecular formula is C70H102I38N8O4. The number of aromatic hydroxyl groups is 1. The van der Waals surface area contributed by atoms with Crippen molar-refractivity contribution < 1.29 is 19.3 Å². The number of benzene rings is 5. The summed E-state index contributed by atoms with van der Waals surface area (Å²) in [5.74, 6) is 3.05. The fourth-order valence-electron chi connectivity index (χ4n) is 9.17. The number of aryl methyl sites for hydroxylation is 12. The van der Waals surface area contributed by atoms with Gasteiger partial charge in [-0.3, -0.25) is 20.4 Å². The second-order valence-electron chi connectivity index (χ2n) is 22.1. The van der Waals surface area contributed by atoms with Crippen LogP contribution in [0, 0.1) is 111 Å². The Bertz CT molecular complexity index is 4320. The third kappa shape index (κ3) is 46.0. The number of hydrogen-bond donors (Lipinski definition) is 5. The number of ether oxygens (including phenoxy) is 3. The van der Waals surface area contributed by atoms with Gasteiger partial charge in [-0.05, 0) is 207 Å². The van der Waals surface area contributed by atoms with E-state index in [4.69, 9.17) is 14.2 Å². The summed E-state index contributed by atoms with van der Waals surface area (Å²) in [6.07, 6.45) is 0. The first-order valence-corrected chi connectivity index (χ1v) is 266. The molecule has 9 aromatic rings. The summed E-state index contributed by atoms with van der Waals surface area (Å²) in [6, 6.07) is 26.7. The van der Waals surface area contributed by atoms with Crippen LogP contribution in [0.4, 0.5) is 0 Å². The van der Waals surface area contributed by atoms with Crippen molar-refractivity contribution in [1.29, 1.82) is 0 Å². The maximum absolute atomic E-state index is 9.75. The summed E-state index contributed by atoms with van der Waals surface area (Å²) in [7, 11) is -5.56. The molecule has 0 fully saturated rings. The predicted molar refractivity (Wildman–Crippen MR) is 882 cm³/mol. The Labute approximate surface area is 977 Å². The molecule has 0 atom stereocenters. The summed E-state index contributed by atoms with van der Waals surface area (Å²) >= 11 is 64.1. The molecule has 0 radical (unpaired) electrons. The van der Waals surface area contributed by atoms with Gasteiger partial charge in [-0.15, -0.1) is 0 Å². The Kier molecular flexibility index (Phi) is 89.1. The van der Waals surface area contributed by atoms with Crippen LogP contribution >= 0.6 is 514 Å². The van der Waals surface area contributed by atoms with Gasteiger partial charge in [0.15, 0.2) is 0 Å². The number of phenolic OH excluding ortho intramolecular Hbond substituents is 1. The molecule has 5 N–H and O–H groups in total. The van der Waals surface area contributed by atoms with Gasteiger partial charge in [-0.2, -0.15) is 20.4 Å². The Balaban J connectivity index is 0.00000149. The van der Waals surface area contributed by atoms with Gasteiger partial charge in [-0.1, -0.05) is 117 Å². The number of hydrogen-bond acceptors (Lipinski definition) is 8. The van der Waals surface area contributed by atoms with Gasteiger partial charge < -0.3 is 19.3 Å². The van der Waals surface area contributed by atoms with E-state index in [9.17, 15) is 5.11 Å². The van der Waals surface area contributed by atoms with Crippen molar-refractivity contribution in [3.63, 3.8) is 0 Å². The van der Waals surface area contributed by atoms with E-state index in [2.05, 4.69) is 524 Å². The number of nitrogens with zero attached hydrogens (tertiary/aromatic N) is 4. The molecule has 0 aliphatic carbocycles. The Morgan fingerprint density at radius 1 is 0.283 bits per heavy atom. The third-order valence-corrected chi connectivity index (χ3v) is 2820. The third-order valence-electron chi connectivity index (χ3n) is 15.2. The molecule has 50 heteroatoms. The van der Waals surface area contributed by atoms with Crippen molar-refractivity contribution in [2.45, 2.75) is 180 Å². The van der Waals surface area contributed by atoms with E-state index in [0.29, 0.717) is 12.4 Å². The van der Waals surface area contributed by atoms with Crippen LogP contribution < -0.4 is 14.2 Å². The molecule has 712 valence electrons. The van der Waals surface area contributed by atoms with E-state index in [0.717, 1.165) is 118 Å². The first kappa shape index (κ1) is 140. The van der Waals surface area contributed by atoms with E-state index in [1.165, 1.54) is 38.9 Å². The SMILES string of the molecule is C.CC.CC.CC.CC.COc1cc(-c2n[nH]c(C)c2C)c(C)cc1C.COc1cc(-c2n[nH]c(C)c2C)c(C)cc1C.Cc1cc(C)c(-c2n[nH]c(C)c2C)cc1O.Cc1cc(C)c(-c2n[nH]c(C)c2C)cc1OCc1ccccc1.II(I)I(I)I(I)I(I)I(I)I(I)I(I)I(I)I(I)I(I)I(I)I(I)I(I)I(I)I(I)I(I)I(I)I(I)I. The minimum absolute atomic E-state index is 0. The van der Waals surface area contributed by atoms with Crippen molar-refractivity contribution in [3.8, 4) is 68.0 Å². The maximum atomic E-state index is 9.75. The Morgan fingerprint density at radius 3 is 0.708 bits per heavy atom. The molecule has 0 saturated heterocycles. The van der Waals surface area contributed by atoms with Crippen molar-refractivity contribution in [1.82, 2.24) is 40.8 Å². The quantitative estimate of drug-likeness (QED) is 0.0335. The monoisotopic (exact) mass is 5940 g/mol. The van der Waals surface area contributed by atoms with Crippen LogP contribution in [0.1, 0.15) is 158 Å². The Morgan fingerprint density at radius 2 is 0.492 bits per heavy atom. The number of nitrogens with one attached hydrogen (secondary N) is 4. The molecule has 9 rings (SSSR count). The van der Waals surface area contributed by atoms with Crippen molar-refractivity contribution in [3.05, 3.63) is 174 Å². The molecular weight excluding hydrogens is 5840 g/mol. The standard InChI is InChI=1S/C20H22N2O.2C14H18N2O.C13H16N2O.4C2H6.CH4.I38/c1-13-10-14(2)19(23-12-17-8-6-5-7-9-17)11-18(13)20-15(3)16(4)21-22-20;2*1-8-6-9(2)13(17-5)7-12(8)14-10(3)11(4)15-16-14;1-7-5-8(2)12(16)6-11(7)13-9(3)10(4)14-15-13;4*1-2;;1-21(2)23(5)25(7)27(9)29(11)31(13)33(15)35(17)37(19)38(20)36(18)34(16)32(14)30(12)28(10)26(8)24(6)22(3)4/h5-11H,12H2,1-4H3,(H,21,22);2*6-7H,1-5H3,(H,15,16);5-6,16H,1-4H3,(H,14,15);4*1-2H3;1H4;. The van der Waals surface area contributed by atoms with E-state index in [-0.39, 0.29) is 7.43 Å². The zero-order valence-corrected chi connectivity index (χ0v) is 151. The van der Waals surface area contributed by atoms with Gasteiger partial charge >= 0.3 is 514 Å². The van der Waals surface area contributed by atoms with Gasteiger partial charge in [0.05, 0.1) is 37.0 Å².